The van der Waals surface area contributed by atoms with Gasteiger partial charge in [-0.3, -0.25) is 4.98 Å². The molecule has 1 saturated heterocycles. The van der Waals surface area contributed by atoms with Crippen LogP contribution >= 0.6 is 39.5 Å². The summed E-state index contributed by atoms with van der Waals surface area (Å²) >= 11 is 11.1. The topological polar surface area (TPSA) is 28.2 Å². The highest BCUT2D eigenvalue weighted by Gasteiger charge is 2.41. The third-order valence-corrected chi connectivity index (χ3v) is 6.62. The van der Waals surface area contributed by atoms with Gasteiger partial charge in [-0.2, -0.15) is 0 Å². The predicted octanol–water partition coefficient (Wildman–Crippen LogP) is 5.65. The van der Waals surface area contributed by atoms with Gasteiger partial charge in [-0.25, -0.2) is 0 Å². The maximum absolute atomic E-state index is 5.72. The second-order valence-electron chi connectivity index (χ2n) is 6.16. The van der Waals surface area contributed by atoms with E-state index >= 15 is 0 Å². The van der Waals surface area contributed by atoms with Gasteiger partial charge in [-0.15, -0.1) is 11.3 Å². The second kappa shape index (κ2) is 7.47. The molecule has 132 valence electrons. The molecule has 0 bridgehead atoms. The summed E-state index contributed by atoms with van der Waals surface area (Å²) in [4.78, 5) is 8.04. The Labute approximate surface area is 171 Å². The van der Waals surface area contributed by atoms with Crippen LogP contribution in [-0.2, 0) is 6.42 Å². The zero-order chi connectivity index (χ0) is 18.1. The molecule has 2 aromatic heterocycles. The number of nitrogens with zero attached hydrogens (tertiary/aromatic N) is 2. The Hall–Kier alpha value is -1.76. The third kappa shape index (κ3) is 3.29. The van der Waals surface area contributed by atoms with E-state index in [0.29, 0.717) is 0 Å². The fourth-order valence-electron chi connectivity index (χ4n) is 3.30. The zero-order valence-corrected chi connectivity index (χ0v) is 17.4. The van der Waals surface area contributed by atoms with Crippen LogP contribution in [0.4, 0.5) is 5.69 Å². The van der Waals surface area contributed by atoms with Crippen molar-refractivity contribution in [2.45, 2.75) is 25.4 Å². The van der Waals surface area contributed by atoms with Gasteiger partial charge in [0.25, 0.3) is 0 Å². The minimum Gasteiger partial charge on any atom is -0.351 e. The monoisotopic (exact) mass is 443 g/mol. The normalized spacial score (nSPS) is 19.6. The van der Waals surface area contributed by atoms with E-state index in [2.05, 4.69) is 80.5 Å². The van der Waals surface area contributed by atoms with Gasteiger partial charge in [-0.05, 0) is 76.5 Å². The van der Waals surface area contributed by atoms with Gasteiger partial charge in [0.1, 0.15) is 0 Å². The molecule has 0 aliphatic carbocycles. The minimum absolute atomic E-state index is 0.0140. The number of aromatic nitrogens is 1. The van der Waals surface area contributed by atoms with Crippen molar-refractivity contribution in [1.82, 2.24) is 10.3 Å². The van der Waals surface area contributed by atoms with E-state index in [-0.39, 0.29) is 12.1 Å². The zero-order valence-electron chi connectivity index (χ0n) is 14.2. The van der Waals surface area contributed by atoms with Crippen LogP contribution in [-0.4, -0.2) is 10.1 Å². The molecule has 6 heteroatoms. The van der Waals surface area contributed by atoms with Gasteiger partial charge in [0, 0.05) is 16.8 Å². The molecule has 0 unspecified atom stereocenters. The molecule has 26 heavy (non-hydrogen) atoms. The Morgan fingerprint density at radius 3 is 2.58 bits per heavy atom. The molecule has 3 heterocycles. The Bertz CT molecular complexity index is 908. The maximum atomic E-state index is 5.72. The van der Waals surface area contributed by atoms with E-state index < -0.39 is 0 Å². The quantitative estimate of drug-likeness (QED) is 0.527. The van der Waals surface area contributed by atoms with Crippen molar-refractivity contribution in [1.29, 1.82) is 0 Å². The van der Waals surface area contributed by atoms with E-state index in [4.69, 9.17) is 12.2 Å². The van der Waals surface area contributed by atoms with Crippen molar-refractivity contribution < 1.29 is 0 Å². The molecule has 1 aromatic carbocycles. The van der Waals surface area contributed by atoms with E-state index in [9.17, 15) is 0 Å². The van der Waals surface area contributed by atoms with Crippen LogP contribution < -0.4 is 10.2 Å². The lowest BCUT2D eigenvalue weighted by molar-refractivity contribution is 0.575. The van der Waals surface area contributed by atoms with Gasteiger partial charge in [0.15, 0.2) is 5.11 Å². The van der Waals surface area contributed by atoms with Crippen molar-refractivity contribution in [3.05, 3.63) is 80.7 Å². The number of halogens is 1. The van der Waals surface area contributed by atoms with Gasteiger partial charge in [0.05, 0.1) is 21.6 Å². The van der Waals surface area contributed by atoms with Crippen molar-refractivity contribution >= 4 is 50.3 Å². The Morgan fingerprint density at radius 2 is 1.96 bits per heavy atom. The number of anilines is 1. The molecule has 0 saturated carbocycles. The SMILES string of the molecule is CCc1ccc(N2C(=S)N[C@H](c3ccccn3)[C@H]2c2ccc(Br)s2)cc1. The van der Waals surface area contributed by atoms with Crippen LogP contribution in [0.2, 0.25) is 0 Å². The minimum atomic E-state index is 0.0140. The maximum Gasteiger partial charge on any atom is 0.174 e. The fourth-order valence-corrected chi connectivity index (χ4v) is 5.20. The average molecular weight is 444 g/mol. The molecule has 3 nitrogen and oxygen atoms in total. The number of nitrogens with one attached hydrogen (secondary N) is 1. The van der Waals surface area contributed by atoms with Crippen LogP contribution in [0.3, 0.4) is 0 Å². The smallest absolute Gasteiger partial charge is 0.174 e. The Kier molecular flexibility index (Phi) is 5.07. The highest BCUT2D eigenvalue weighted by Crippen LogP contribution is 2.44. The fraction of sp³-hybridized carbons (Fsp3) is 0.200. The number of thiophene rings is 1. The van der Waals surface area contributed by atoms with Gasteiger partial charge in [-0.1, -0.05) is 25.1 Å². The first-order valence-corrected chi connectivity index (χ1v) is 10.5. The van der Waals surface area contributed by atoms with Crippen LogP contribution in [0.25, 0.3) is 0 Å². The molecule has 0 spiro atoms. The summed E-state index contributed by atoms with van der Waals surface area (Å²) in [6.45, 7) is 2.17. The number of benzene rings is 1. The number of hydrogen-bond donors (Lipinski definition) is 1. The number of hydrogen-bond acceptors (Lipinski definition) is 3. The molecule has 1 N–H and O–H groups in total. The first-order valence-electron chi connectivity index (χ1n) is 8.52. The standard InChI is InChI=1S/C20H18BrN3S2/c1-2-13-6-8-14(9-7-13)24-19(16-10-11-17(21)26-16)18(23-20(24)25)15-5-3-4-12-22-15/h3-12,18-19H,2H2,1H3,(H,23,25)/t18-,19-/m1/s1. The van der Waals surface area contributed by atoms with Crippen molar-refractivity contribution in [3.8, 4) is 0 Å². The van der Waals surface area contributed by atoms with Crippen molar-refractivity contribution in [3.63, 3.8) is 0 Å². The van der Waals surface area contributed by atoms with Gasteiger partial charge < -0.3 is 10.2 Å². The van der Waals surface area contributed by atoms with Crippen LogP contribution in [0.15, 0.2) is 64.6 Å². The molecule has 0 radical (unpaired) electrons. The molecule has 2 atom stereocenters. The van der Waals surface area contributed by atoms with E-state index in [0.717, 1.165) is 26.7 Å². The highest BCUT2D eigenvalue weighted by molar-refractivity contribution is 9.11. The number of aryl methyl sites for hydroxylation is 1. The summed E-state index contributed by atoms with van der Waals surface area (Å²) in [6.07, 6.45) is 2.86. The van der Waals surface area contributed by atoms with Crippen LogP contribution in [0.1, 0.15) is 35.1 Å². The summed E-state index contributed by atoms with van der Waals surface area (Å²) < 4.78 is 1.12. The number of pyridine rings is 1. The summed E-state index contributed by atoms with van der Waals surface area (Å²) in [5.41, 5.74) is 3.42. The highest BCUT2D eigenvalue weighted by atomic mass is 79.9. The van der Waals surface area contributed by atoms with Crippen LogP contribution in [0.5, 0.6) is 0 Å². The van der Waals surface area contributed by atoms with Crippen molar-refractivity contribution in [2.24, 2.45) is 0 Å². The molecule has 3 aromatic rings. The van der Waals surface area contributed by atoms with E-state index in [1.165, 1.54) is 10.4 Å². The summed E-state index contributed by atoms with van der Waals surface area (Å²) in [7, 11) is 0. The summed E-state index contributed by atoms with van der Waals surface area (Å²) in [5, 5.41) is 4.23. The molecule has 1 aliphatic heterocycles. The first-order chi connectivity index (χ1) is 12.7. The Balaban J connectivity index is 1.79. The summed E-state index contributed by atoms with van der Waals surface area (Å²) in [5.74, 6) is 0. The lowest BCUT2D eigenvalue weighted by Gasteiger charge is -2.27. The lowest BCUT2D eigenvalue weighted by atomic mass is 10.0. The van der Waals surface area contributed by atoms with Crippen LogP contribution in [0, 0.1) is 0 Å². The molecule has 4 rings (SSSR count). The number of rotatable bonds is 4. The molecule has 0 amide bonds. The third-order valence-electron chi connectivity index (χ3n) is 4.61. The van der Waals surface area contributed by atoms with Crippen molar-refractivity contribution in [2.75, 3.05) is 4.90 Å². The first kappa shape index (κ1) is 17.6. The predicted molar refractivity (Wildman–Crippen MR) is 116 cm³/mol. The molecular weight excluding hydrogens is 426 g/mol. The van der Waals surface area contributed by atoms with Gasteiger partial charge >= 0.3 is 0 Å². The number of thiocarbonyl (C=S) groups is 1. The molecule has 1 fully saturated rings. The summed E-state index contributed by atoms with van der Waals surface area (Å²) in [6, 6.07) is 19.0. The molecule has 1 aliphatic rings. The average Bonchev–Trinajstić information content (AvgIpc) is 3.25. The van der Waals surface area contributed by atoms with E-state index in [1.807, 2.05) is 18.3 Å². The van der Waals surface area contributed by atoms with E-state index in [1.54, 1.807) is 11.3 Å². The molecular formula is C20H18BrN3S2. The second-order valence-corrected chi connectivity index (χ2v) is 9.04. The lowest BCUT2D eigenvalue weighted by Crippen LogP contribution is -2.29. The Morgan fingerprint density at radius 1 is 1.15 bits per heavy atom. The van der Waals surface area contributed by atoms with Gasteiger partial charge in [0.2, 0.25) is 0 Å². The largest absolute Gasteiger partial charge is 0.351 e.